The van der Waals surface area contributed by atoms with E-state index >= 15 is 0 Å². The number of rotatable bonds is 3. The fourth-order valence-electron chi connectivity index (χ4n) is 1.56. The molecule has 0 amide bonds. The van der Waals surface area contributed by atoms with E-state index in [1.54, 1.807) is 0 Å². The molecule has 3 N–H and O–H groups in total. The molecule has 1 heterocycles. The van der Waals surface area contributed by atoms with Crippen molar-refractivity contribution in [1.82, 2.24) is 14.3 Å². The zero-order chi connectivity index (χ0) is 11.9. The van der Waals surface area contributed by atoms with Crippen molar-refractivity contribution in [2.24, 2.45) is 19.8 Å². The van der Waals surface area contributed by atoms with E-state index in [0.717, 1.165) is 22.1 Å². The molecule has 2 rings (SSSR count). The van der Waals surface area contributed by atoms with Crippen LogP contribution in [0.2, 0.25) is 0 Å². The zero-order valence-corrected chi connectivity index (χ0v) is 9.36. The second-order valence-corrected chi connectivity index (χ2v) is 4.23. The van der Waals surface area contributed by atoms with Gasteiger partial charge in [0.15, 0.2) is 0 Å². The van der Waals surface area contributed by atoms with Gasteiger partial charge in [-0.15, -0.1) is 5.10 Å². The summed E-state index contributed by atoms with van der Waals surface area (Å²) in [6.07, 6.45) is 1.86. The lowest BCUT2D eigenvalue weighted by Crippen LogP contribution is -2.42. The molecule has 0 unspecified atom stereocenters. The van der Waals surface area contributed by atoms with Gasteiger partial charge in [-0.25, -0.2) is 9.48 Å². The molecule has 1 aromatic heterocycles. The number of hydrogen-bond donors (Lipinski definition) is 2. The zero-order valence-electron chi connectivity index (χ0n) is 9.36. The lowest BCUT2D eigenvalue weighted by atomic mass is 10.3. The molecule has 7 heteroatoms. The smallest absolute Gasteiger partial charge is 0.346 e. The molecule has 1 aliphatic carbocycles. The minimum atomic E-state index is -0.437. The summed E-state index contributed by atoms with van der Waals surface area (Å²) in [5, 5.41) is 6.94. The van der Waals surface area contributed by atoms with Gasteiger partial charge in [0.25, 0.3) is 5.56 Å². The fraction of sp³-hybridized carbons (Fsp3) is 0.667. The summed E-state index contributed by atoms with van der Waals surface area (Å²) in [5.41, 5.74) is 4.56. The quantitative estimate of drug-likeness (QED) is 0.645. The predicted molar refractivity (Wildman–Crippen MR) is 59.4 cm³/mol. The van der Waals surface area contributed by atoms with E-state index in [1.807, 2.05) is 0 Å². The molecule has 1 saturated carbocycles. The van der Waals surface area contributed by atoms with Gasteiger partial charge in [-0.05, 0) is 12.8 Å². The third-order valence-electron chi connectivity index (χ3n) is 2.95. The Balaban J connectivity index is 2.43. The summed E-state index contributed by atoms with van der Waals surface area (Å²) in [5.74, 6) is 0.188. The Morgan fingerprint density at radius 3 is 2.56 bits per heavy atom. The topological polar surface area (TPSA) is 94.9 Å². The van der Waals surface area contributed by atoms with Crippen LogP contribution in [0.25, 0.3) is 0 Å². The highest BCUT2D eigenvalue weighted by Gasteiger charge is 2.42. The van der Waals surface area contributed by atoms with Gasteiger partial charge in [-0.3, -0.25) is 9.36 Å². The first-order valence-electron chi connectivity index (χ1n) is 5.12. The maximum Gasteiger partial charge on any atom is 0.346 e. The highest BCUT2D eigenvalue weighted by Crippen LogP contribution is 2.36. The highest BCUT2D eigenvalue weighted by molar-refractivity contribution is 5.37. The van der Waals surface area contributed by atoms with Crippen molar-refractivity contribution in [2.75, 3.05) is 11.9 Å². The van der Waals surface area contributed by atoms with Crippen molar-refractivity contribution in [2.45, 2.75) is 18.4 Å². The van der Waals surface area contributed by atoms with Crippen molar-refractivity contribution in [3.63, 3.8) is 0 Å². The van der Waals surface area contributed by atoms with Crippen LogP contribution in [0.1, 0.15) is 12.8 Å². The largest absolute Gasteiger partial charge is 0.357 e. The van der Waals surface area contributed by atoms with Gasteiger partial charge in [0, 0.05) is 20.6 Å². The number of anilines is 1. The van der Waals surface area contributed by atoms with Crippen LogP contribution in [0.5, 0.6) is 0 Å². The van der Waals surface area contributed by atoms with Crippen LogP contribution in [0.15, 0.2) is 9.59 Å². The molecular weight excluding hydrogens is 210 g/mol. The summed E-state index contributed by atoms with van der Waals surface area (Å²) >= 11 is 0. The Hall–Kier alpha value is -1.63. The van der Waals surface area contributed by atoms with E-state index < -0.39 is 11.2 Å². The van der Waals surface area contributed by atoms with Gasteiger partial charge < -0.3 is 11.1 Å². The molecule has 16 heavy (non-hydrogen) atoms. The average molecular weight is 225 g/mol. The van der Waals surface area contributed by atoms with E-state index in [2.05, 4.69) is 10.4 Å². The number of aryl methyl sites for hydroxylation is 1. The first kappa shape index (κ1) is 10.9. The van der Waals surface area contributed by atoms with Crippen molar-refractivity contribution in [1.29, 1.82) is 0 Å². The van der Waals surface area contributed by atoms with Gasteiger partial charge in [0.1, 0.15) is 0 Å². The molecule has 88 valence electrons. The number of nitrogens with two attached hydrogens (primary N) is 1. The molecule has 0 spiro atoms. The van der Waals surface area contributed by atoms with Crippen molar-refractivity contribution in [3.8, 4) is 0 Å². The Morgan fingerprint density at radius 1 is 1.44 bits per heavy atom. The number of hydrogen-bond acceptors (Lipinski definition) is 5. The molecular formula is C9H15N5O2. The second-order valence-electron chi connectivity index (χ2n) is 4.23. The van der Waals surface area contributed by atoms with Crippen LogP contribution in [0, 0.1) is 0 Å². The normalized spacial score (nSPS) is 17.2. The molecule has 0 aliphatic heterocycles. The summed E-state index contributed by atoms with van der Waals surface area (Å²) in [7, 11) is 2.94. The first-order valence-corrected chi connectivity index (χ1v) is 5.12. The van der Waals surface area contributed by atoms with Crippen LogP contribution in [0.3, 0.4) is 0 Å². The Labute approximate surface area is 91.9 Å². The van der Waals surface area contributed by atoms with Gasteiger partial charge in [-0.1, -0.05) is 0 Å². The SMILES string of the molecule is Cn1nc(NC2(CN)CC2)c(=O)n(C)c1=O. The minimum absolute atomic E-state index is 0.188. The van der Waals surface area contributed by atoms with Gasteiger partial charge in [0.05, 0.1) is 5.54 Å². The first-order chi connectivity index (χ1) is 7.49. The number of nitrogens with one attached hydrogen (secondary N) is 1. The summed E-state index contributed by atoms with van der Waals surface area (Å²) in [6, 6.07) is 0. The molecule has 0 bridgehead atoms. The third kappa shape index (κ3) is 1.63. The molecule has 7 nitrogen and oxygen atoms in total. The Kier molecular flexibility index (Phi) is 2.34. The minimum Gasteiger partial charge on any atom is -0.357 e. The predicted octanol–water partition coefficient (Wildman–Crippen LogP) is -1.62. The highest BCUT2D eigenvalue weighted by atomic mass is 16.2. The monoisotopic (exact) mass is 225 g/mol. The summed E-state index contributed by atoms with van der Waals surface area (Å²) in [6.45, 7) is 0.459. The van der Waals surface area contributed by atoms with Gasteiger partial charge in [-0.2, -0.15) is 0 Å². The van der Waals surface area contributed by atoms with Gasteiger partial charge >= 0.3 is 5.69 Å². The second kappa shape index (κ2) is 3.44. The molecule has 0 saturated heterocycles. The molecule has 0 atom stereocenters. The average Bonchev–Trinajstić information content (AvgIpc) is 3.04. The third-order valence-corrected chi connectivity index (χ3v) is 2.95. The fourth-order valence-corrected chi connectivity index (χ4v) is 1.56. The summed E-state index contributed by atoms with van der Waals surface area (Å²) < 4.78 is 2.16. The van der Waals surface area contributed by atoms with E-state index in [9.17, 15) is 9.59 Å². The van der Waals surface area contributed by atoms with Crippen LogP contribution in [-0.2, 0) is 14.1 Å². The summed E-state index contributed by atoms with van der Waals surface area (Å²) in [4.78, 5) is 23.2. The number of aromatic nitrogens is 3. The van der Waals surface area contributed by atoms with E-state index in [1.165, 1.54) is 14.1 Å². The van der Waals surface area contributed by atoms with E-state index in [0.29, 0.717) is 6.54 Å². The molecule has 1 aromatic rings. The van der Waals surface area contributed by atoms with Gasteiger partial charge in [0.2, 0.25) is 5.82 Å². The van der Waals surface area contributed by atoms with Crippen LogP contribution in [0.4, 0.5) is 5.82 Å². The maximum absolute atomic E-state index is 11.7. The van der Waals surface area contributed by atoms with Crippen molar-refractivity contribution in [3.05, 3.63) is 20.8 Å². The molecule has 0 radical (unpaired) electrons. The Morgan fingerprint density at radius 2 is 2.06 bits per heavy atom. The number of nitrogens with zero attached hydrogens (tertiary/aromatic N) is 3. The van der Waals surface area contributed by atoms with Crippen molar-refractivity contribution >= 4 is 5.82 Å². The van der Waals surface area contributed by atoms with Crippen LogP contribution in [-0.4, -0.2) is 26.4 Å². The van der Waals surface area contributed by atoms with E-state index in [-0.39, 0.29) is 11.4 Å². The molecule has 0 aromatic carbocycles. The molecule has 1 aliphatic rings. The Bertz CT molecular complexity index is 526. The van der Waals surface area contributed by atoms with E-state index in [4.69, 9.17) is 5.73 Å². The lowest BCUT2D eigenvalue weighted by Gasteiger charge is -2.15. The van der Waals surface area contributed by atoms with Crippen molar-refractivity contribution < 1.29 is 0 Å². The van der Waals surface area contributed by atoms with Crippen LogP contribution >= 0.6 is 0 Å². The standard InChI is InChI=1S/C9H15N5O2/c1-13-7(15)6(12-14(2)8(13)16)11-9(5-10)3-4-9/h3-5,10H2,1-2H3,(H,11,12). The maximum atomic E-state index is 11.7. The lowest BCUT2D eigenvalue weighted by molar-refractivity contribution is 0.596. The molecule has 1 fully saturated rings. The van der Waals surface area contributed by atoms with Crippen LogP contribution < -0.4 is 22.3 Å².